The number of carbonyl (C=O) groups is 1. The number of carbonyl (C=O) groups excluding carboxylic acids is 1. The second kappa shape index (κ2) is 6.30. The SMILES string of the molecule is NC(=O)c1nnn(-c2ccc(NS(=O)(=O)c3ccc(Br)s3)cc2)n1. The minimum atomic E-state index is -3.65. The molecule has 0 aliphatic heterocycles. The average Bonchev–Trinajstić information content (AvgIpc) is 3.17. The number of hydrogen-bond donors (Lipinski definition) is 2. The highest BCUT2D eigenvalue weighted by atomic mass is 79.9. The summed E-state index contributed by atoms with van der Waals surface area (Å²) in [7, 11) is -3.65. The summed E-state index contributed by atoms with van der Waals surface area (Å²) >= 11 is 4.34. The fourth-order valence-electron chi connectivity index (χ4n) is 1.73. The van der Waals surface area contributed by atoms with Crippen LogP contribution in [0.15, 0.2) is 44.4 Å². The van der Waals surface area contributed by atoms with Crippen LogP contribution < -0.4 is 10.5 Å². The number of anilines is 1. The molecule has 0 fully saturated rings. The number of primary amides is 1. The van der Waals surface area contributed by atoms with Crippen LogP contribution in [0.4, 0.5) is 5.69 Å². The summed E-state index contributed by atoms with van der Waals surface area (Å²) in [5.74, 6) is -0.990. The second-order valence-electron chi connectivity index (χ2n) is 4.48. The number of nitrogens with one attached hydrogen (secondary N) is 1. The van der Waals surface area contributed by atoms with Gasteiger partial charge in [-0.1, -0.05) is 0 Å². The molecular formula is C12H9BrN6O3S2. The lowest BCUT2D eigenvalue weighted by Crippen LogP contribution is -2.13. The summed E-state index contributed by atoms with van der Waals surface area (Å²) < 4.78 is 27.9. The third kappa shape index (κ3) is 3.44. The minimum Gasteiger partial charge on any atom is -0.363 e. The van der Waals surface area contributed by atoms with Gasteiger partial charge in [-0.05, 0) is 57.5 Å². The number of nitrogens with two attached hydrogens (primary N) is 1. The summed E-state index contributed by atoms with van der Waals surface area (Å²) in [6.07, 6.45) is 0. The number of amides is 1. The molecule has 0 spiro atoms. The minimum absolute atomic E-state index is 0.197. The van der Waals surface area contributed by atoms with Crippen LogP contribution in [0.2, 0.25) is 0 Å². The highest BCUT2D eigenvalue weighted by Crippen LogP contribution is 2.27. The van der Waals surface area contributed by atoms with Crippen LogP contribution in [-0.4, -0.2) is 34.5 Å². The molecule has 2 aromatic heterocycles. The lowest BCUT2D eigenvalue weighted by Gasteiger charge is -2.06. The van der Waals surface area contributed by atoms with Gasteiger partial charge in [0.25, 0.3) is 21.8 Å². The number of thiophene rings is 1. The van der Waals surface area contributed by atoms with Crippen molar-refractivity contribution in [3.63, 3.8) is 0 Å². The summed E-state index contributed by atoms with van der Waals surface area (Å²) in [6.45, 7) is 0. The van der Waals surface area contributed by atoms with Gasteiger partial charge in [0.15, 0.2) is 0 Å². The lowest BCUT2D eigenvalue weighted by molar-refractivity contribution is 0.0990. The molecule has 124 valence electrons. The molecule has 3 rings (SSSR count). The van der Waals surface area contributed by atoms with E-state index >= 15 is 0 Å². The molecule has 0 aliphatic carbocycles. The van der Waals surface area contributed by atoms with Crippen LogP contribution in [0.5, 0.6) is 0 Å². The number of tetrazole rings is 1. The van der Waals surface area contributed by atoms with E-state index in [0.717, 1.165) is 19.9 Å². The molecule has 12 heteroatoms. The van der Waals surface area contributed by atoms with E-state index in [2.05, 4.69) is 36.1 Å². The number of aromatic nitrogens is 4. The number of hydrogen-bond acceptors (Lipinski definition) is 7. The van der Waals surface area contributed by atoms with E-state index in [1.807, 2.05) is 0 Å². The summed E-state index contributed by atoms with van der Waals surface area (Å²) in [5, 5.41) is 11.0. The van der Waals surface area contributed by atoms with Gasteiger partial charge in [-0.25, -0.2) is 8.42 Å². The van der Waals surface area contributed by atoms with Crippen LogP contribution in [0.1, 0.15) is 10.6 Å². The van der Waals surface area contributed by atoms with Crippen molar-refractivity contribution in [2.75, 3.05) is 4.72 Å². The normalized spacial score (nSPS) is 11.4. The van der Waals surface area contributed by atoms with Crippen LogP contribution in [0, 0.1) is 0 Å². The van der Waals surface area contributed by atoms with Crippen molar-refractivity contribution in [3.8, 4) is 5.69 Å². The molecule has 3 N–H and O–H groups in total. The van der Waals surface area contributed by atoms with Crippen molar-refractivity contribution in [1.82, 2.24) is 20.2 Å². The second-order valence-corrected chi connectivity index (χ2v) is 8.85. The molecule has 9 nitrogen and oxygen atoms in total. The molecule has 0 bridgehead atoms. The van der Waals surface area contributed by atoms with Gasteiger partial charge in [0, 0.05) is 5.69 Å². The third-order valence-electron chi connectivity index (χ3n) is 2.80. The number of nitrogens with zero attached hydrogens (tertiary/aromatic N) is 4. The van der Waals surface area contributed by atoms with Gasteiger partial charge < -0.3 is 5.73 Å². The fourth-order valence-corrected chi connectivity index (χ4v) is 4.80. The monoisotopic (exact) mass is 428 g/mol. The topological polar surface area (TPSA) is 133 Å². The van der Waals surface area contributed by atoms with Crippen LogP contribution in [0.25, 0.3) is 5.69 Å². The molecule has 24 heavy (non-hydrogen) atoms. The van der Waals surface area contributed by atoms with Gasteiger partial charge in [0.1, 0.15) is 4.21 Å². The molecule has 1 aromatic carbocycles. The van der Waals surface area contributed by atoms with Crippen LogP contribution in [0.3, 0.4) is 0 Å². The third-order valence-corrected chi connectivity index (χ3v) is 6.29. The standard InChI is InChI=1S/C12H9BrN6O3S2/c13-9-5-6-10(23-9)24(21,22)17-7-1-3-8(4-2-7)19-16-12(11(14)20)15-18-19/h1-6,17H,(H2,14,20). The first kappa shape index (κ1) is 16.5. The molecule has 0 atom stereocenters. The summed E-state index contributed by atoms with van der Waals surface area (Å²) in [6, 6.07) is 9.42. The zero-order chi connectivity index (χ0) is 17.3. The van der Waals surface area contributed by atoms with Gasteiger partial charge in [0.05, 0.1) is 9.47 Å². The van der Waals surface area contributed by atoms with Crippen molar-refractivity contribution >= 4 is 48.9 Å². The van der Waals surface area contributed by atoms with E-state index in [4.69, 9.17) is 5.73 Å². The zero-order valence-corrected chi connectivity index (χ0v) is 15.0. The van der Waals surface area contributed by atoms with E-state index in [9.17, 15) is 13.2 Å². The van der Waals surface area contributed by atoms with Crippen molar-refractivity contribution in [2.24, 2.45) is 5.73 Å². The fraction of sp³-hybridized carbons (Fsp3) is 0. The number of benzene rings is 1. The molecule has 0 unspecified atom stereocenters. The molecule has 2 heterocycles. The molecule has 1 amide bonds. The molecule has 0 saturated heterocycles. The Hall–Kier alpha value is -2.31. The zero-order valence-electron chi connectivity index (χ0n) is 11.7. The molecule has 0 saturated carbocycles. The molecule has 3 aromatic rings. The van der Waals surface area contributed by atoms with E-state index in [1.54, 1.807) is 30.3 Å². The largest absolute Gasteiger partial charge is 0.363 e. The van der Waals surface area contributed by atoms with Crippen LogP contribution in [-0.2, 0) is 10.0 Å². The Labute approximate surface area is 148 Å². The Balaban J connectivity index is 1.80. The van der Waals surface area contributed by atoms with Gasteiger partial charge in [-0.2, -0.15) is 0 Å². The average molecular weight is 429 g/mol. The number of rotatable bonds is 5. The van der Waals surface area contributed by atoms with E-state index in [1.165, 1.54) is 6.07 Å². The van der Waals surface area contributed by atoms with Gasteiger partial charge >= 0.3 is 0 Å². The van der Waals surface area contributed by atoms with Crippen molar-refractivity contribution in [3.05, 3.63) is 46.0 Å². The Kier molecular flexibility index (Phi) is 4.34. The first-order valence-corrected chi connectivity index (χ1v) is 9.43. The molecular weight excluding hydrogens is 420 g/mol. The maximum absolute atomic E-state index is 12.2. The van der Waals surface area contributed by atoms with Gasteiger partial charge in [-0.15, -0.1) is 26.3 Å². The van der Waals surface area contributed by atoms with Gasteiger partial charge in [-0.3, -0.25) is 9.52 Å². The van der Waals surface area contributed by atoms with Crippen molar-refractivity contribution in [2.45, 2.75) is 4.21 Å². The van der Waals surface area contributed by atoms with Crippen LogP contribution >= 0.6 is 27.3 Å². The molecule has 0 aliphatic rings. The van der Waals surface area contributed by atoms with E-state index in [0.29, 0.717) is 11.4 Å². The maximum Gasteiger partial charge on any atom is 0.290 e. The maximum atomic E-state index is 12.2. The van der Waals surface area contributed by atoms with Crippen molar-refractivity contribution < 1.29 is 13.2 Å². The number of halogens is 1. The first-order chi connectivity index (χ1) is 11.3. The molecule has 0 radical (unpaired) electrons. The first-order valence-electron chi connectivity index (χ1n) is 6.33. The highest BCUT2D eigenvalue weighted by Gasteiger charge is 2.17. The summed E-state index contributed by atoms with van der Waals surface area (Å²) in [5.41, 5.74) is 5.93. The number of sulfonamides is 1. The predicted molar refractivity (Wildman–Crippen MR) is 90.5 cm³/mol. The smallest absolute Gasteiger partial charge is 0.290 e. The Morgan fingerprint density at radius 3 is 2.46 bits per heavy atom. The lowest BCUT2D eigenvalue weighted by atomic mass is 10.3. The predicted octanol–water partition coefficient (Wildman–Crippen LogP) is 1.39. The van der Waals surface area contributed by atoms with Gasteiger partial charge in [0.2, 0.25) is 0 Å². The Bertz CT molecular complexity index is 996. The van der Waals surface area contributed by atoms with E-state index < -0.39 is 15.9 Å². The Morgan fingerprint density at radius 1 is 1.21 bits per heavy atom. The quantitative estimate of drug-likeness (QED) is 0.630. The van der Waals surface area contributed by atoms with E-state index in [-0.39, 0.29) is 10.0 Å². The summed E-state index contributed by atoms with van der Waals surface area (Å²) in [4.78, 5) is 12.1. The Morgan fingerprint density at radius 2 is 1.92 bits per heavy atom. The van der Waals surface area contributed by atoms with Crippen molar-refractivity contribution in [1.29, 1.82) is 0 Å². The highest BCUT2D eigenvalue weighted by molar-refractivity contribution is 9.11.